The lowest BCUT2D eigenvalue weighted by atomic mass is 9.96. The van der Waals surface area contributed by atoms with Crippen LogP contribution in [0.2, 0.25) is 0 Å². The second kappa shape index (κ2) is 15.5. The Bertz CT molecular complexity index is 1470. The molecule has 1 amide bonds. The van der Waals surface area contributed by atoms with Crippen LogP contribution in [0.3, 0.4) is 0 Å². The number of sulfonamides is 1. The number of fused-ring (bicyclic) bond motifs is 1. The van der Waals surface area contributed by atoms with Gasteiger partial charge < -0.3 is 23.8 Å². The van der Waals surface area contributed by atoms with Crippen LogP contribution in [0, 0.1) is 11.8 Å². The number of carbonyl (C=O) groups excluding carboxylic acids is 1. The highest BCUT2D eigenvalue weighted by Crippen LogP contribution is 2.35. The average Bonchev–Trinajstić information content (AvgIpc) is 3.39. The molecule has 0 radical (unpaired) electrons. The summed E-state index contributed by atoms with van der Waals surface area (Å²) in [5.41, 5.74) is 2.61. The van der Waals surface area contributed by atoms with Gasteiger partial charge in [-0.15, -0.1) is 0 Å². The highest BCUT2D eigenvalue weighted by molar-refractivity contribution is 7.89. The monoisotopic (exact) mass is 638 g/mol. The second-order valence-corrected chi connectivity index (χ2v) is 14.3. The molecular weight excluding hydrogens is 592 g/mol. The van der Waals surface area contributed by atoms with Crippen molar-refractivity contribution < 1.29 is 32.2 Å². The minimum atomic E-state index is -3.54. The van der Waals surface area contributed by atoms with Gasteiger partial charge in [0.15, 0.2) is 0 Å². The number of rotatable bonds is 13. The summed E-state index contributed by atoms with van der Waals surface area (Å²) in [6, 6.07) is 12.8. The van der Waals surface area contributed by atoms with Crippen molar-refractivity contribution in [2.75, 3.05) is 26.3 Å². The second-order valence-electron chi connectivity index (χ2n) is 12.5. The minimum absolute atomic E-state index is 0.0267. The Labute approximate surface area is 268 Å². The van der Waals surface area contributed by atoms with Crippen LogP contribution in [0.4, 0.5) is 4.79 Å². The molecule has 244 valence electrons. The molecule has 2 aliphatic heterocycles. The quantitative estimate of drug-likeness (QED) is 0.199. The van der Waals surface area contributed by atoms with E-state index in [-0.39, 0.29) is 23.1 Å². The summed E-state index contributed by atoms with van der Waals surface area (Å²) in [5.74, 6) is 6.33. The summed E-state index contributed by atoms with van der Waals surface area (Å²) < 4.78 is 51.4. The van der Waals surface area contributed by atoms with E-state index in [2.05, 4.69) is 16.6 Å². The van der Waals surface area contributed by atoms with Crippen LogP contribution in [0.1, 0.15) is 101 Å². The van der Waals surface area contributed by atoms with E-state index in [1.54, 1.807) is 23.1 Å². The topological polar surface area (TPSA) is 103 Å². The molecule has 3 aliphatic rings. The number of hydrogen-bond acceptors (Lipinski definition) is 7. The van der Waals surface area contributed by atoms with Gasteiger partial charge in [0.2, 0.25) is 15.8 Å². The third-order valence-electron chi connectivity index (χ3n) is 8.42. The van der Waals surface area contributed by atoms with Crippen LogP contribution < -0.4 is 9.46 Å². The van der Waals surface area contributed by atoms with Gasteiger partial charge in [-0.05, 0) is 61.6 Å². The zero-order valence-electron chi connectivity index (χ0n) is 26.5. The molecule has 2 aromatic rings. The number of cyclic esters (lactones) is 1. The van der Waals surface area contributed by atoms with Crippen molar-refractivity contribution in [1.82, 2.24) is 9.62 Å². The molecule has 1 N–H and O–H groups in total. The van der Waals surface area contributed by atoms with Crippen LogP contribution in [-0.2, 0) is 30.8 Å². The molecule has 1 saturated carbocycles. The largest absolute Gasteiger partial charge is 0.463 e. The number of ether oxygens (including phenoxy) is 4. The van der Waals surface area contributed by atoms with Crippen LogP contribution >= 0.6 is 0 Å². The van der Waals surface area contributed by atoms with Crippen molar-refractivity contribution in [1.29, 1.82) is 0 Å². The fourth-order valence-electron chi connectivity index (χ4n) is 5.92. The van der Waals surface area contributed by atoms with Gasteiger partial charge in [-0.25, -0.2) is 17.9 Å². The first kappa shape index (κ1) is 33.3. The Balaban J connectivity index is 0.931. The third kappa shape index (κ3) is 9.69. The maximum Gasteiger partial charge on any atom is 0.410 e. The van der Waals surface area contributed by atoms with Gasteiger partial charge in [0.25, 0.3) is 0 Å². The first-order valence-electron chi connectivity index (χ1n) is 16.3. The molecule has 2 aromatic carbocycles. The molecule has 0 unspecified atom stereocenters. The van der Waals surface area contributed by atoms with Gasteiger partial charge in [-0.3, -0.25) is 0 Å². The maximum atomic E-state index is 12.8. The Morgan fingerprint density at radius 1 is 1.02 bits per heavy atom. The number of hydrogen-bond donors (Lipinski definition) is 1. The van der Waals surface area contributed by atoms with E-state index >= 15 is 0 Å². The molecule has 1 saturated heterocycles. The molecule has 1 aliphatic carbocycles. The van der Waals surface area contributed by atoms with Crippen molar-refractivity contribution >= 4 is 16.1 Å². The van der Waals surface area contributed by atoms with Crippen LogP contribution in [0.25, 0.3) is 0 Å². The van der Waals surface area contributed by atoms with Gasteiger partial charge in [0, 0.05) is 50.6 Å². The molecule has 0 aromatic heterocycles. The molecule has 10 heteroatoms. The average molecular weight is 639 g/mol. The summed E-state index contributed by atoms with van der Waals surface area (Å²) in [5, 5.41) is 0. The van der Waals surface area contributed by atoms with Crippen molar-refractivity contribution in [3.63, 3.8) is 0 Å². The van der Waals surface area contributed by atoms with Crippen molar-refractivity contribution in [3.8, 4) is 17.6 Å². The van der Waals surface area contributed by atoms with E-state index in [0.717, 1.165) is 68.2 Å². The highest BCUT2D eigenvalue weighted by atomic mass is 32.2. The summed E-state index contributed by atoms with van der Waals surface area (Å²) in [6.07, 6.45) is 9.05. The number of unbranched alkanes of at least 4 members (excludes halogenated alkanes) is 3. The van der Waals surface area contributed by atoms with Gasteiger partial charge in [-0.1, -0.05) is 56.1 Å². The zero-order valence-corrected chi connectivity index (χ0v) is 27.3. The minimum Gasteiger partial charge on any atom is -0.463 e. The summed E-state index contributed by atoms with van der Waals surface area (Å²) in [4.78, 5) is 14.5. The molecule has 5 rings (SSSR count). The molecule has 2 heterocycles. The fraction of sp³-hybridized carbons (Fsp3) is 0.571. The van der Waals surface area contributed by atoms with Crippen molar-refractivity contribution in [3.05, 3.63) is 59.2 Å². The van der Waals surface area contributed by atoms with E-state index in [1.807, 2.05) is 38.1 Å². The predicted octanol–water partition coefficient (Wildman–Crippen LogP) is 6.45. The van der Waals surface area contributed by atoms with E-state index in [4.69, 9.17) is 18.9 Å². The normalized spacial score (nSPS) is 19.7. The molecule has 45 heavy (non-hydrogen) atoms. The summed E-state index contributed by atoms with van der Waals surface area (Å²) in [7, 11) is -3.54. The lowest BCUT2D eigenvalue weighted by molar-refractivity contribution is -0.180. The first-order chi connectivity index (χ1) is 21.7. The number of nitrogens with one attached hydrogen (secondary N) is 1. The SMILES string of the molecule is CC1(C)OCc2cc([C@@H]3CN(CCCCCCOCCC#Cc4cccc(S(=O)(=O)NC5CCCCC5)c4)C(=O)O3)ccc2O1. The highest BCUT2D eigenvalue weighted by Gasteiger charge is 2.33. The fourth-order valence-corrected chi connectivity index (χ4v) is 7.27. The van der Waals surface area contributed by atoms with E-state index in [0.29, 0.717) is 44.9 Å². The Morgan fingerprint density at radius 2 is 1.84 bits per heavy atom. The standard InChI is InChI=1S/C35H46N2O7S/c1-35(2)42-26-29-24-28(18-19-32(29)44-35)33-25-37(34(38)43-33)20-9-3-4-10-21-41-22-11-8-13-27-14-12-17-31(23-27)45(39,40)36-30-15-6-5-7-16-30/h12,14,17-19,23-24,30,33,36H,3-7,9-11,15-16,20-22,25-26H2,1-2H3/t33-/m0/s1. The predicted molar refractivity (Wildman–Crippen MR) is 171 cm³/mol. The van der Waals surface area contributed by atoms with Gasteiger partial charge in [0.1, 0.15) is 11.9 Å². The van der Waals surface area contributed by atoms with E-state index in [1.165, 1.54) is 6.42 Å². The Kier molecular flexibility index (Phi) is 11.4. The van der Waals surface area contributed by atoms with Gasteiger partial charge in [-0.2, -0.15) is 0 Å². The molecular formula is C35H46N2O7S. The third-order valence-corrected chi connectivity index (χ3v) is 9.94. The number of benzene rings is 2. The van der Waals surface area contributed by atoms with Crippen molar-refractivity contribution in [2.45, 2.75) is 107 Å². The Morgan fingerprint density at radius 3 is 2.69 bits per heavy atom. The van der Waals surface area contributed by atoms with Crippen LogP contribution in [0.15, 0.2) is 47.4 Å². The number of amides is 1. The molecule has 0 bridgehead atoms. The smallest absolute Gasteiger partial charge is 0.410 e. The maximum absolute atomic E-state index is 12.8. The summed E-state index contributed by atoms with van der Waals surface area (Å²) in [6.45, 7) is 6.68. The lowest BCUT2D eigenvalue weighted by Gasteiger charge is -2.32. The number of carbonyl (C=O) groups is 1. The summed E-state index contributed by atoms with van der Waals surface area (Å²) >= 11 is 0. The molecule has 1 atom stereocenters. The van der Waals surface area contributed by atoms with Crippen LogP contribution in [0.5, 0.6) is 5.75 Å². The lowest BCUT2D eigenvalue weighted by Crippen LogP contribution is -2.36. The van der Waals surface area contributed by atoms with Crippen LogP contribution in [-0.4, -0.2) is 57.5 Å². The van der Waals surface area contributed by atoms with E-state index < -0.39 is 15.8 Å². The van der Waals surface area contributed by atoms with Gasteiger partial charge >= 0.3 is 6.09 Å². The van der Waals surface area contributed by atoms with E-state index in [9.17, 15) is 13.2 Å². The number of nitrogens with zero attached hydrogens (tertiary/aromatic N) is 1. The van der Waals surface area contributed by atoms with Gasteiger partial charge in [0.05, 0.1) is 24.7 Å². The molecule has 2 fully saturated rings. The molecule has 9 nitrogen and oxygen atoms in total. The van der Waals surface area contributed by atoms with Crippen molar-refractivity contribution in [2.24, 2.45) is 0 Å². The zero-order chi connectivity index (χ0) is 31.7. The Hall–Kier alpha value is -3.10. The first-order valence-corrected chi connectivity index (χ1v) is 17.8. The molecule has 0 spiro atoms.